The highest BCUT2D eigenvalue weighted by molar-refractivity contribution is 9.10. The molecule has 0 aliphatic heterocycles. The molecule has 3 nitrogen and oxygen atoms in total. The Morgan fingerprint density at radius 1 is 1.42 bits per heavy atom. The van der Waals surface area contributed by atoms with Crippen LogP contribution in [0.25, 0.3) is 0 Å². The minimum Gasteiger partial charge on any atom is -0.293 e. The summed E-state index contributed by atoms with van der Waals surface area (Å²) in [5.74, 6) is 0.133. The molecular formula is C13H14Br2N2OS. The van der Waals surface area contributed by atoms with E-state index in [9.17, 15) is 4.79 Å². The Kier molecular flexibility index (Phi) is 4.97. The fraction of sp³-hybridized carbons (Fsp3) is 0.385. The van der Waals surface area contributed by atoms with Gasteiger partial charge in [0.15, 0.2) is 5.78 Å². The van der Waals surface area contributed by atoms with Crippen molar-refractivity contribution in [3.8, 4) is 0 Å². The minimum absolute atomic E-state index is 0.133. The average Bonchev–Trinajstić information content (AvgIpc) is 2.95. The molecule has 0 unspecified atom stereocenters. The normalized spacial score (nSPS) is 10.9. The van der Waals surface area contributed by atoms with Crippen molar-refractivity contribution in [2.24, 2.45) is 0 Å². The van der Waals surface area contributed by atoms with Gasteiger partial charge in [0.05, 0.1) is 27.2 Å². The first-order valence-corrected chi connectivity index (χ1v) is 8.54. The van der Waals surface area contributed by atoms with Crippen LogP contribution in [-0.2, 0) is 19.4 Å². The van der Waals surface area contributed by atoms with E-state index in [4.69, 9.17) is 0 Å². The molecule has 0 radical (unpaired) electrons. The predicted molar refractivity (Wildman–Crippen MR) is 85.0 cm³/mol. The van der Waals surface area contributed by atoms with Gasteiger partial charge in [-0.15, -0.1) is 11.3 Å². The van der Waals surface area contributed by atoms with E-state index >= 15 is 0 Å². The van der Waals surface area contributed by atoms with E-state index in [1.165, 1.54) is 11.3 Å². The van der Waals surface area contributed by atoms with Crippen LogP contribution < -0.4 is 0 Å². The zero-order chi connectivity index (χ0) is 14.0. The van der Waals surface area contributed by atoms with E-state index in [0.717, 1.165) is 38.2 Å². The molecule has 2 heterocycles. The Morgan fingerprint density at radius 3 is 2.68 bits per heavy atom. The Bertz CT molecular complexity index is 604. The van der Waals surface area contributed by atoms with E-state index in [0.29, 0.717) is 6.42 Å². The molecule has 0 aliphatic carbocycles. The molecule has 0 atom stereocenters. The second-order valence-electron chi connectivity index (χ2n) is 4.11. The van der Waals surface area contributed by atoms with Crippen molar-refractivity contribution in [2.75, 3.05) is 0 Å². The maximum absolute atomic E-state index is 12.3. The molecule has 2 aromatic heterocycles. The molecule has 0 fully saturated rings. The van der Waals surface area contributed by atoms with Crippen LogP contribution in [0.5, 0.6) is 0 Å². The third kappa shape index (κ3) is 3.17. The van der Waals surface area contributed by atoms with Gasteiger partial charge in [-0.2, -0.15) is 5.10 Å². The summed E-state index contributed by atoms with van der Waals surface area (Å²) in [6.45, 7) is 4.87. The van der Waals surface area contributed by atoms with Gasteiger partial charge in [0.25, 0.3) is 0 Å². The molecule has 0 N–H and O–H groups in total. The molecule has 2 aromatic rings. The second kappa shape index (κ2) is 6.33. The molecule has 0 saturated heterocycles. The van der Waals surface area contributed by atoms with E-state index in [1.807, 2.05) is 23.1 Å². The van der Waals surface area contributed by atoms with Gasteiger partial charge in [-0.05, 0) is 51.3 Å². The van der Waals surface area contributed by atoms with Gasteiger partial charge in [-0.1, -0.05) is 6.92 Å². The number of carbonyl (C=O) groups is 1. The lowest BCUT2D eigenvalue weighted by molar-refractivity contribution is 0.0994. The number of carbonyl (C=O) groups excluding carboxylic acids is 1. The van der Waals surface area contributed by atoms with Crippen LogP contribution in [0.15, 0.2) is 20.4 Å². The number of hydrogen-bond acceptors (Lipinski definition) is 3. The molecule has 0 spiro atoms. The van der Waals surface area contributed by atoms with Gasteiger partial charge in [0.1, 0.15) is 0 Å². The Balaban J connectivity index is 2.28. The van der Waals surface area contributed by atoms with E-state index in [1.54, 1.807) is 0 Å². The largest absolute Gasteiger partial charge is 0.293 e. The van der Waals surface area contributed by atoms with Crippen LogP contribution in [0, 0.1) is 0 Å². The van der Waals surface area contributed by atoms with Crippen molar-refractivity contribution in [1.82, 2.24) is 9.78 Å². The SMILES string of the molecule is CCc1nn(CC)c(CC(=O)c2cc(Br)cs2)c1Br. The summed E-state index contributed by atoms with van der Waals surface area (Å²) < 4.78 is 3.84. The van der Waals surface area contributed by atoms with Crippen molar-refractivity contribution < 1.29 is 4.79 Å². The Hall–Kier alpha value is -0.460. The summed E-state index contributed by atoms with van der Waals surface area (Å²) >= 11 is 8.41. The molecule has 102 valence electrons. The van der Waals surface area contributed by atoms with Crippen LogP contribution in [0.2, 0.25) is 0 Å². The molecular weight excluding hydrogens is 392 g/mol. The zero-order valence-corrected chi connectivity index (χ0v) is 14.7. The molecule has 0 aromatic carbocycles. The third-order valence-electron chi connectivity index (χ3n) is 2.86. The van der Waals surface area contributed by atoms with Crippen molar-refractivity contribution in [2.45, 2.75) is 33.2 Å². The zero-order valence-electron chi connectivity index (χ0n) is 10.7. The average molecular weight is 406 g/mol. The minimum atomic E-state index is 0.133. The number of aromatic nitrogens is 2. The lowest BCUT2D eigenvalue weighted by atomic mass is 10.1. The topological polar surface area (TPSA) is 34.9 Å². The number of aryl methyl sites for hydroxylation is 2. The van der Waals surface area contributed by atoms with Gasteiger partial charge in [0, 0.05) is 16.4 Å². The summed E-state index contributed by atoms with van der Waals surface area (Å²) in [7, 11) is 0. The first-order chi connectivity index (χ1) is 9.06. The number of rotatable bonds is 5. The highest BCUT2D eigenvalue weighted by atomic mass is 79.9. The summed E-state index contributed by atoms with van der Waals surface area (Å²) in [5, 5.41) is 6.44. The summed E-state index contributed by atoms with van der Waals surface area (Å²) in [6.07, 6.45) is 1.24. The monoisotopic (exact) mass is 404 g/mol. The van der Waals surface area contributed by atoms with Crippen LogP contribution in [0.1, 0.15) is 34.9 Å². The molecule has 2 rings (SSSR count). The van der Waals surface area contributed by atoms with Crippen molar-refractivity contribution in [1.29, 1.82) is 0 Å². The molecule has 0 aliphatic rings. The van der Waals surface area contributed by atoms with Crippen LogP contribution in [0.3, 0.4) is 0 Å². The Morgan fingerprint density at radius 2 is 2.16 bits per heavy atom. The maximum Gasteiger partial charge on any atom is 0.178 e. The highest BCUT2D eigenvalue weighted by Crippen LogP contribution is 2.26. The third-order valence-corrected chi connectivity index (χ3v) is 5.51. The number of ketones is 1. The lowest BCUT2D eigenvalue weighted by Crippen LogP contribution is -2.09. The lowest BCUT2D eigenvalue weighted by Gasteiger charge is -2.03. The summed E-state index contributed by atoms with van der Waals surface area (Å²) in [4.78, 5) is 13.1. The van der Waals surface area contributed by atoms with E-state index in [2.05, 4.69) is 43.9 Å². The van der Waals surface area contributed by atoms with Crippen molar-refractivity contribution >= 4 is 49.0 Å². The van der Waals surface area contributed by atoms with Gasteiger partial charge in [-0.25, -0.2) is 0 Å². The first kappa shape index (κ1) is 14.9. The van der Waals surface area contributed by atoms with Gasteiger partial charge < -0.3 is 0 Å². The smallest absolute Gasteiger partial charge is 0.178 e. The second-order valence-corrected chi connectivity index (χ2v) is 6.73. The van der Waals surface area contributed by atoms with Gasteiger partial charge >= 0.3 is 0 Å². The first-order valence-electron chi connectivity index (χ1n) is 6.08. The molecule has 0 amide bonds. The molecule has 19 heavy (non-hydrogen) atoms. The quantitative estimate of drug-likeness (QED) is 0.687. The van der Waals surface area contributed by atoms with Crippen LogP contribution >= 0.6 is 43.2 Å². The number of halogens is 2. The highest BCUT2D eigenvalue weighted by Gasteiger charge is 2.18. The molecule has 0 bridgehead atoms. The van der Waals surface area contributed by atoms with Crippen molar-refractivity contribution in [3.05, 3.63) is 36.7 Å². The fourth-order valence-corrected chi connectivity index (χ4v) is 3.96. The van der Waals surface area contributed by atoms with Crippen LogP contribution in [0.4, 0.5) is 0 Å². The fourth-order valence-electron chi connectivity index (χ4n) is 1.88. The van der Waals surface area contributed by atoms with Crippen molar-refractivity contribution in [3.63, 3.8) is 0 Å². The van der Waals surface area contributed by atoms with E-state index < -0.39 is 0 Å². The summed E-state index contributed by atoms with van der Waals surface area (Å²) in [5.41, 5.74) is 1.98. The molecule has 6 heteroatoms. The number of thiophene rings is 1. The number of nitrogens with zero attached hydrogens (tertiary/aromatic N) is 2. The Labute approximate surface area is 133 Å². The molecule has 0 saturated carbocycles. The van der Waals surface area contributed by atoms with Gasteiger partial charge in [0.2, 0.25) is 0 Å². The summed E-state index contributed by atoms with van der Waals surface area (Å²) in [6, 6.07) is 1.87. The number of Topliss-reactive ketones (excluding diaryl/α,β-unsaturated/α-hetero) is 1. The van der Waals surface area contributed by atoms with E-state index in [-0.39, 0.29) is 5.78 Å². The number of hydrogen-bond donors (Lipinski definition) is 0. The maximum atomic E-state index is 12.3. The standard InChI is InChI=1S/C13H14Br2N2OS/c1-3-9-13(15)10(17(4-2)16-9)6-11(18)12-5-8(14)7-19-12/h5,7H,3-4,6H2,1-2H3. The van der Waals surface area contributed by atoms with Gasteiger partial charge in [-0.3, -0.25) is 9.48 Å². The predicted octanol–water partition coefficient (Wildman–Crippen LogP) is 4.48. The van der Waals surface area contributed by atoms with Crippen LogP contribution in [-0.4, -0.2) is 15.6 Å².